The standard InChI is InChI=1S/C3H5N3O2.ClH/c4-6-1-2(7)5-3(6)8;/h1,4H2,(H,5,7,8);1H. The molecule has 1 saturated heterocycles. The summed E-state index contributed by atoms with van der Waals surface area (Å²) in [6, 6.07) is -0.421. The normalized spacial score (nSPS) is 17.2. The highest BCUT2D eigenvalue weighted by atomic mass is 35.5. The van der Waals surface area contributed by atoms with E-state index < -0.39 is 6.03 Å². The van der Waals surface area contributed by atoms with Gasteiger partial charge in [0.2, 0.25) is 0 Å². The van der Waals surface area contributed by atoms with Gasteiger partial charge in [-0.05, 0) is 0 Å². The third kappa shape index (κ3) is 1.55. The van der Waals surface area contributed by atoms with Crippen LogP contribution in [0.4, 0.5) is 4.79 Å². The van der Waals surface area contributed by atoms with Gasteiger partial charge in [-0.2, -0.15) is 5.01 Å². The number of halogens is 1. The first kappa shape index (κ1) is 8.19. The molecule has 5 nitrogen and oxygen atoms in total. The fourth-order valence-electron chi connectivity index (χ4n) is 0.483. The molecule has 1 aliphatic rings. The van der Waals surface area contributed by atoms with Crippen molar-refractivity contribution >= 4 is 11.9 Å². The number of hydrogen-bond donors (Lipinski definition) is 2. The van der Waals surface area contributed by atoms with E-state index in [1.807, 2.05) is 0 Å². The van der Waals surface area contributed by atoms with Crippen LogP contribution in [-0.2, 0) is 4.79 Å². The lowest BCUT2D eigenvalue weighted by Gasteiger charge is -1.94. The average molecular weight is 152 g/mol. The summed E-state index contributed by atoms with van der Waals surface area (Å²) in [5.41, 5.74) is 0. The molecule has 1 aliphatic heterocycles. The second kappa shape index (κ2) is 2.65. The molecular formula is C3H6ClN3O2. The molecule has 0 aromatic carbocycles. The van der Waals surface area contributed by atoms with Crippen LogP contribution in [-0.4, -0.2) is 23.5 Å². The van der Waals surface area contributed by atoms with Crippen molar-refractivity contribution in [2.45, 2.75) is 0 Å². The van der Waals surface area contributed by atoms with Crippen LogP contribution in [0.3, 0.4) is 0 Å². The fraction of sp³-hybridized carbons (Fsp3) is 0.333. The predicted molar refractivity (Wildman–Crippen MR) is 23.1 cm³/mol. The minimum atomic E-state index is -0.421. The molecule has 0 spiro atoms. The van der Waals surface area contributed by atoms with Crippen molar-refractivity contribution in [3.05, 3.63) is 0 Å². The molecule has 0 bridgehead atoms. The SMILES string of the molecule is [Cl-].[NH3+]N1CC(=O)NC1=O. The Labute approximate surface area is 57.6 Å². The maximum Gasteiger partial charge on any atom is 0.368 e. The van der Waals surface area contributed by atoms with E-state index in [0.717, 1.165) is 5.01 Å². The van der Waals surface area contributed by atoms with Gasteiger partial charge in [0.05, 0.1) is 0 Å². The van der Waals surface area contributed by atoms with Gasteiger partial charge in [0.25, 0.3) is 5.91 Å². The number of nitrogens with one attached hydrogen (secondary N) is 1. The molecule has 0 unspecified atom stereocenters. The summed E-state index contributed by atoms with van der Waals surface area (Å²) in [5, 5.41) is 3.12. The lowest BCUT2D eigenvalue weighted by Crippen LogP contribution is -3.00. The molecule has 0 aromatic rings. The van der Waals surface area contributed by atoms with Crippen molar-refractivity contribution < 1.29 is 27.8 Å². The fourth-order valence-corrected chi connectivity index (χ4v) is 0.483. The van der Waals surface area contributed by atoms with Gasteiger partial charge >= 0.3 is 6.03 Å². The summed E-state index contributed by atoms with van der Waals surface area (Å²) >= 11 is 0. The summed E-state index contributed by atoms with van der Waals surface area (Å²) in [6.45, 7) is 0.0822. The van der Waals surface area contributed by atoms with E-state index >= 15 is 0 Å². The number of quaternary nitrogens is 1. The van der Waals surface area contributed by atoms with Crippen molar-refractivity contribution in [2.75, 3.05) is 6.54 Å². The number of rotatable bonds is 0. The summed E-state index contributed by atoms with van der Waals surface area (Å²) in [4.78, 5) is 20.6. The maximum absolute atomic E-state index is 10.3. The van der Waals surface area contributed by atoms with E-state index in [2.05, 4.69) is 11.2 Å². The van der Waals surface area contributed by atoms with Crippen molar-refractivity contribution in [3.8, 4) is 0 Å². The molecule has 0 atom stereocenters. The van der Waals surface area contributed by atoms with Crippen molar-refractivity contribution in [2.24, 2.45) is 0 Å². The monoisotopic (exact) mass is 151 g/mol. The molecule has 1 fully saturated rings. The van der Waals surface area contributed by atoms with Gasteiger partial charge in [-0.15, -0.1) is 0 Å². The topological polar surface area (TPSA) is 77.1 Å². The van der Waals surface area contributed by atoms with E-state index in [1.54, 1.807) is 0 Å². The number of urea groups is 1. The first-order chi connectivity index (χ1) is 3.70. The molecule has 3 amide bonds. The van der Waals surface area contributed by atoms with Gasteiger partial charge in [0, 0.05) is 0 Å². The minimum absolute atomic E-state index is 0. The highest BCUT2D eigenvalue weighted by Crippen LogP contribution is 1.85. The molecule has 4 N–H and O–H groups in total. The van der Waals surface area contributed by atoms with Gasteiger partial charge in [-0.25, -0.2) is 4.79 Å². The van der Waals surface area contributed by atoms with Crippen LogP contribution in [0.15, 0.2) is 0 Å². The quantitative estimate of drug-likeness (QED) is 0.340. The van der Waals surface area contributed by atoms with Crippen LogP contribution >= 0.6 is 0 Å². The van der Waals surface area contributed by atoms with Crippen molar-refractivity contribution in [3.63, 3.8) is 0 Å². The third-order valence-corrected chi connectivity index (χ3v) is 0.868. The van der Waals surface area contributed by atoms with Gasteiger partial charge in [-0.3, -0.25) is 16.0 Å². The van der Waals surface area contributed by atoms with Crippen molar-refractivity contribution in [1.29, 1.82) is 0 Å². The van der Waals surface area contributed by atoms with Crippen LogP contribution in [0.5, 0.6) is 0 Å². The smallest absolute Gasteiger partial charge is 0.368 e. The summed E-state index contributed by atoms with van der Waals surface area (Å²) in [7, 11) is 0. The molecule has 1 heterocycles. The zero-order valence-corrected chi connectivity index (χ0v) is 5.31. The lowest BCUT2D eigenvalue weighted by atomic mass is 10.7. The Morgan fingerprint density at radius 2 is 2.11 bits per heavy atom. The second-order valence-corrected chi connectivity index (χ2v) is 1.55. The third-order valence-electron chi connectivity index (χ3n) is 0.868. The largest absolute Gasteiger partial charge is 1.00 e. The second-order valence-electron chi connectivity index (χ2n) is 1.55. The Morgan fingerprint density at radius 3 is 2.22 bits per heavy atom. The predicted octanol–water partition coefficient (Wildman–Crippen LogP) is -5.30. The van der Waals surface area contributed by atoms with Gasteiger partial charge in [0.15, 0.2) is 6.54 Å². The zero-order chi connectivity index (χ0) is 6.15. The molecule has 0 radical (unpaired) electrons. The number of hydrogen-bond acceptors (Lipinski definition) is 2. The van der Waals surface area contributed by atoms with Crippen LogP contribution in [0.1, 0.15) is 0 Å². The summed E-state index contributed by atoms with van der Waals surface area (Å²) in [5.74, 6) is 2.98. The van der Waals surface area contributed by atoms with Gasteiger partial charge in [-0.1, -0.05) is 0 Å². The molecular weight excluding hydrogens is 146 g/mol. The number of carbonyl (C=O) groups excluding carboxylic acids is 2. The molecule has 52 valence electrons. The molecule has 0 saturated carbocycles. The van der Waals surface area contributed by atoms with Gasteiger partial charge in [0.1, 0.15) is 0 Å². The van der Waals surface area contributed by atoms with E-state index in [9.17, 15) is 9.59 Å². The maximum atomic E-state index is 10.3. The first-order valence-corrected chi connectivity index (χ1v) is 2.12. The van der Waals surface area contributed by atoms with E-state index in [1.165, 1.54) is 0 Å². The highest BCUT2D eigenvalue weighted by Gasteiger charge is 2.26. The number of carbonyl (C=O) groups is 2. The Morgan fingerprint density at radius 1 is 1.56 bits per heavy atom. The molecule has 0 aromatic heterocycles. The molecule has 6 heteroatoms. The Hall–Kier alpha value is -0.810. The summed E-state index contributed by atoms with van der Waals surface area (Å²) in [6.07, 6.45) is 0. The highest BCUT2D eigenvalue weighted by molar-refractivity contribution is 6.00. The average Bonchev–Trinajstić information content (AvgIpc) is 1.85. The van der Waals surface area contributed by atoms with Crippen LogP contribution in [0.2, 0.25) is 0 Å². The van der Waals surface area contributed by atoms with Crippen LogP contribution in [0, 0.1) is 0 Å². The molecule has 0 aliphatic carbocycles. The number of amides is 3. The number of nitrogens with zero attached hydrogens (tertiary/aromatic N) is 1. The summed E-state index contributed by atoms with van der Waals surface area (Å²) < 4.78 is 0. The van der Waals surface area contributed by atoms with E-state index in [0.29, 0.717) is 0 Å². The first-order valence-electron chi connectivity index (χ1n) is 2.12. The Kier molecular flexibility index (Phi) is 2.41. The Balaban J connectivity index is 0.000000640. The Bertz CT molecular complexity index is 148. The molecule has 1 rings (SSSR count). The molecule has 9 heavy (non-hydrogen) atoms. The lowest BCUT2D eigenvalue weighted by molar-refractivity contribution is -0.541. The van der Waals surface area contributed by atoms with E-state index in [4.69, 9.17) is 0 Å². The zero-order valence-electron chi connectivity index (χ0n) is 4.56. The minimum Gasteiger partial charge on any atom is -1.00 e. The van der Waals surface area contributed by atoms with Crippen LogP contribution < -0.4 is 23.6 Å². The van der Waals surface area contributed by atoms with Crippen molar-refractivity contribution in [1.82, 2.24) is 10.3 Å². The number of imide groups is 1. The van der Waals surface area contributed by atoms with Crippen LogP contribution in [0.25, 0.3) is 0 Å². The van der Waals surface area contributed by atoms with Gasteiger partial charge < -0.3 is 12.4 Å². The van der Waals surface area contributed by atoms with E-state index in [-0.39, 0.29) is 24.9 Å².